The van der Waals surface area contributed by atoms with Gasteiger partial charge in [0.2, 0.25) is 10.0 Å². The highest BCUT2D eigenvalue weighted by molar-refractivity contribution is 7.89. The standard InChI is InChI=1S/C16H21NO6S/c1-10-8-12(16(20)23-3)9-14(11(10)2)24(21,22)17-7-5-4-6-13(17)15(18)19/h8-9,13H,4-7H2,1-3H3,(H,18,19). The van der Waals surface area contributed by atoms with Gasteiger partial charge in [0.25, 0.3) is 0 Å². The minimum Gasteiger partial charge on any atom is -0.480 e. The van der Waals surface area contributed by atoms with E-state index in [2.05, 4.69) is 4.74 Å². The van der Waals surface area contributed by atoms with E-state index < -0.39 is 28.0 Å². The number of carboxylic acids is 1. The molecule has 2 rings (SSSR count). The quantitative estimate of drug-likeness (QED) is 0.825. The third-order valence-corrected chi connectivity index (χ3v) is 6.40. The van der Waals surface area contributed by atoms with Gasteiger partial charge in [-0.05, 0) is 56.4 Å². The van der Waals surface area contributed by atoms with E-state index in [4.69, 9.17) is 0 Å². The third kappa shape index (κ3) is 3.29. The van der Waals surface area contributed by atoms with Crippen LogP contribution in [0.1, 0.15) is 40.7 Å². The second kappa shape index (κ2) is 6.90. The molecule has 7 nitrogen and oxygen atoms in total. The predicted molar refractivity (Wildman–Crippen MR) is 86.4 cm³/mol. The van der Waals surface area contributed by atoms with E-state index in [0.717, 1.165) is 4.31 Å². The molecule has 0 bridgehead atoms. The molecule has 1 unspecified atom stereocenters. The predicted octanol–water partition coefficient (Wildman–Crippen LogP) is 1.72. The van der Waals surface area contributed by atoms with E-state index in [9.17, 15) is 23.1 Å². The summed E-state index contributed by atoms with van der Waals surface area (Å²) in [5.41, 5.74) is 1.25. The van der Waals surface area contributed by atoms with Crippen LogP contribution in [0.25, 0.3) is 0 Å². The van der Waals surface area contributed by atoms with Crippen LogP contribution in [0.5, 0.6) is 0 Å². The Morgan fingerprint density at radius 3 is 2.50 bits per heavy atom. The molecule has 0 saturated carbocycles. The monoisotopic (exact) mass is 355 g/mol. The number of carbonyl (C=O) groups is 2. The molecule has 8 heteroatoms. The molecule has 0 amide bonds. The Hall–Kier alpha value is -1.93. The van der Waals surface area contributed by atoms with Crippen LogP contribution in [0.15, 0.2) is 17.0 Å². The molecule has 1 aliphatic rings. The Balaban J connectivity index is 2.58. The van der Waals surface area contributed by atoms with Crippen LogP contribution < -0.4 is 0 Å². The molecular weight excluding hydrogens is 334 g/mol. The van der Waals surface area contributed by atoms with Gasteiger partial charge in [-0.15, -0.1) is 0 Å². The van der Waals surface area contributed by atoms with Crippen molar-refractivity contribution in [3.05, 3.63) is 28.8 Å². The van der Waals surface area contributed by atoms with Crippen molar-refractivity contribution in [2.24, 2.45) is 0 Å². The van der Waals surface area contributed by atoms with Crippen molar-refractivity contribution in [1.82, 2.24) is 4.31 Å². The van der Waals surface area contributed by atoms with Crippen molar-refractivity contribution in [2.45, 2.75) is 44.0 Å². The lowest BCUT2D eigenvalue weighted by Gasteiger charge is -2.32. The van der Waals surface area contributed by atoms with Crippen molar-refractivity contribution >= 4 is 22.0 Å². The van der Waals surface area contributed by atoms with Gasteiger partial charge in [-0.25, -0.2) is 13.2 Å². The molecule has 0 spiro atoms. The van der Waals surface area contributed by atoms with Gasteiger partial charge < -0.3 is 9.84 Å². The lowest BCUT2D eigenvalue weighted by Crippen LogP contribution is -2.48. The number of benzene rings is 1. The normalized spacial score (nSPS) is 19.0. The number of aliphatic carboxylic acids is 1. The maximum absolute atomic E-state index is 13.0. The Labute approximate surface area is 141 Å². The lowest BCUT2D eigenvalue weighted by atomic mass is 10.1. The molecule has 24 heavy (non-hydrogen) atoms. The number of aryl methyl sites for hydroxylation is 1. The van der Waals surface area contributed by atoms with Crippen LogP contribution in [-0.2, 0) is 19.6 Å². The summed E-state index contributed by atoms with van der Waals surface area (Å²) in [6.07, 6.45) is 1.56. The van der Waals surface area contributed by atoms with Gasteiger partial charge in [0.15, 0.2) is 0 Å². The first-order valence-corrected chi connectivity index (χ1v) is 9.08. The summed E-state index contributed by atoms with van der Waals surface area (Å²) >= 11 is 0. The first-order valence-electron chi connectivity index (χ1n) is 7.64. The van der Waals surface area contributed by atoms with Crippen LogP contribution in [0.3, 0.4) is 0 Å². The largest absolute Gasteiger partial charge is 0.480 e. The van der Waals surface area contributed by atoms with Gasteiger partial charge >= 0.3 is 11.9 Å². The Morgan fingerprint density at radius 2 is 1.92 bits per heavy atom. The molecule has 132 valence electrons. The van der Waals surface area contributed by atoms with Crippen molar-refractivity contribution < 1.29 is 27.9 Å². The van der Waals surface area contributed by atoms with Gasteiger partial charge in [0, 0.05) is 6.54 Å². The maximum Gasteiger partial charge on any atom is 0.337 e. The molecule has 1 N–H and O–H groups in total. The minimum absolute atomic E-state index is 0.0453. The molecule has 1 heterocycles. The Morgan fingerprint density at radius 1 is 1.25 bits per heavy atom. The second-order valence-electron chi connectivity index (χ2n) is 5.87. The summed E-state index contributed by atoms with van der Waals surface area (Å²) in [6, 6.07) is 1.74. The van der Waals surface area contributed by atoms with Crippen LogP contribution in [0, 0.1) is 13.8 Å². The van der Waals surface area contributed by atoms with Gasteiger partial charge in [-0.2, -0.15) is 4.31 Å². The van der Waals surface area contributed by atoms with Crippen molar-refractivity contribution in [1.29, 1.82) is 0 Å². The van der Waals surface area contributed by atoms with E-state index in [-0.39, 0.29) is 23.4 Å². The Bertz CT molecular complexity index is 771. The van der Waals surface area contributed by atoms with Crippen LogP contribution in [-0.4, -0.2) is 49.5 Å². The maximum atomic E-state index is 13.0. The SMILES string of the molecule is COC(=O)c1cc(C)c(C)c(S(=O)(=O)N2CCCCC2C(=O)O)c1. The number of piperidine rings is 1. The number of nitrogens with zero attached hydrogens (tertiary/aromatic N) is 1. The zero-order valence-corrected chi connectivity index (χ0v) is 14.7. The number of methoxy groups -OCH3 is 1. The number of hydrogen-bond donors (Lipinski definition) is 1. The fraction of sp³-hybridized carbons (Fsp3) is 0.500. The average molecular weight is 355 g/mol. The zero-order valence-electron chi connectivity index (χ0n) is 13.9. The fourth-order valence-corrected chi connectivity index (χ4v) is 4.87. The van der Waals surface area contributed by atoms with Crippen LogP contribution in [0.4, 0.5) is 0 Å². The molecule has 1 saturated heterocycles. The van der Waals surface area contributed by atoms with E-state index in [0.29, 0.717) is 24.0 Å². The number of rotatable bonds is 4. The molecule has 1 atom stereocenters. The molecule has 1 aliphatic heterocycles. The fourth-order valence-electron chi connectivity index (χ4n) is 2.90. The smallest absolute Gasteiger partial charge is 0.337 e. The highest BCUT2D eigenvalue weighted by Gasteiger charge is 2.38. The summed E-state index contributed by atoms with van der Waals surface area (Å²) in [6.45, 7) is 3.49. The summed E-state index contributed by atoms with van der Waals surface area (Å²) in [5, 5.41) is 9.34. The van der Waals surface area contributed by atoms with E-state index in [1.807, 2.05) is 0 Å². The summed E-state index contributed by atoms with van der Waals surface area (Å²) in [5.74, 6) is -1.79. The summed E-state index contributed by atoms with van der Waals surface area (Å²) in [4.78, 5) is 23.2. The number of sulfonamides is 1. The number of carbonyl (C=O) groups excluding carboxylic acids is 1. The number of esters is 1. The second-order valence-corrected chi connectivity index (χ2v) is 7.73. The highest BCUT2D eigenvalue weighted by Crippen LogP contribution is 2.29. The van der Waals surface area contributed by atoms with E-state index >= 15 is 0 Å². The minimum atomic E-state index is -4.03. The van der Waals surface area contributed by atoms with Gasteiger partial charge in [-0.1, -0.05) is 0 Å². The number of carboxylic acid groups (broad SMARTS) is 1. The molecular formula is C16H21NO6S. The molecule has 1 aromatic rings. The molecule has 0 radical (unpaired) electrons. The topological polar surface area (TPSA) is 101 Å². The third-order valence-electron chi connectivity index (χ3n) is 4.37. The first kappa shape index (κ1) is 18.4. The van der Waals surface area contributed by atoms with Gasteiger partial charge in [0.1, 0.15) is 6.04 Å². The summed E-state index contributed by atoms with van der Waals surface area (Å²) in [7, 11) is -2.81. The number of ether oxygens (including phenoxy) is 1. The first-order chi connectivity index (χ1) is 11.2. The molecule has 0 aromatic heterocycles. The average Bonchev–Trinajstić information content (AvgIpc) is 2.56. The van der Waals surface area contributed by atoms with E-state index in [1.54, 1.807) is 19.9 Å². The van der Waals surface area contributed by atoms with Gasteiger partial charge in [-0.3, -0.25) is 4.79 Å². The van der Waals surface area contributed by atoms with E-state index in [1.165, 1.54) is 13.2 Å². The number of hydrogen-bond acceptors (Lipinski definition) is 5. The highest BCUT2D eigenvalue weighted by atomic mass is 32.2. The molecule has 0 aliphatic carbocycles. The zero-order chi connectivity index (χ0) is 18.1. The van der Waals surface area contributed by atoms with Crippen LogP contribution in [0.2, 0.25) is 0 Å². The van der Waals surface area contributed by atoms with Gasteiger partial charge in [0.05, 0.1) is 17.6 Å². The summed E-state index contributed by atoms with van der Waals surface area (Å²) < 4.78 is 31.8. The van der Waals surface area contributed by atoms with Crippen LogP contribution >= 0.6 is 0 Å². The molecule has 1 fully saturated rings. The molecule has 1 aromatic carbocycles. The van der Waals surface area contributed by atoms with Crippen molar-refractivity contribution in [2.75, 3.05) is 13.7 Å². The van der Waals surface area contributed by atoms with Crippen molar-refractivity contribution in [3.8, 4) is 0 Å². The van der Waals surface area contributed by atoms with Crippen molar-refractivity contribution in [3.63, 3.8) is 0 Å². The lowest BCUT2D eigenvalue weighted by molar-refractivity contribution is -0.142. The Kier molecular flexibility index (Phi) is 5.29.